The summed E-state index contributed by atoms with van der Waals surface area (Å²) in [5.74, 6) is -0.147. The first-order chi connectivity index (χ1) is 13.6. The Morgan fingerprint density at radius 3 is 2.31 bits per heavy atom. The highest BCUT2D eigenvalue weighted by Crippen LogP contribution is 2.32. The van der Waals surface area contributed by atoms with Crippen molar-refractivity contribution in [2.24, 2.45) is 0 Å². The monoisotopic (exact) mass is 395 g/mol. The van der Waals surface area contributed by atoms with E-state index in [-0.39, 0.29) is 11.9 Å². The van der Waals surface area contributed by atoms with Gasteiger partial charge in [0.25, 0.3) is 0 Å². The quantitative estimate of drug-likeness (QED) is 0.285. The van der Waals surface area contributed by atoms with Gasteiger partial charge in [-0.3, -0.25) is 0 Å². The van der Waals surface area contributed by atoms with Gasteiger partial charge in [-0.1, -0.05) is 48.1 Å². The minimum absolute atomic E-state index is 0.0719. The molecular formula is C27H38FN. The zero-order chi connectivity index (χ0) is 22.1. The van der Waals surface area contributed by atoms with Gasteiger partial charge in [-0.05, 0) is 89.6 Å². The van der Waals surface area contributed by atoms with Crippen molar-refractivity contribution < 1.29 is 4.39 Å². The maximum Gasteiger partial charge on any atom is 0.126 e. The normalized spacial score (nSPS) is 13.4. The third kappa shape index (κ3) is 7.20. The number of hydrogen-bond acceptors (Lipinski definition) is 1. The molecule has 0 amide bonds. The molecule has 0 spiro atoms. The molecule has 158 valence electrons. The smallest absolute Gasteiger partial charge is 0.126 e. The molecule has 0 aliphatic heterocycles. The van der Waals surface area contributed by atoms with Gasteiger partial charge >= 0.3 is 0 Å². The second kappa shape index (κ2) is 11.6. The van der Waals surface area contributed by atoms with Crippen LogP contribution in [0.3, 0.4) is 0 Å². The molecule has 0 saturated heterocycles. The van der Waals surface area contributed by atoms with Crippen molar-refractivity contribution in [3.05, 3.63) is 94.5 Å². The molecule has 29 heavy (non-hydrogen) atoms. The van der Waals surface area contributed by atoms with Crippen molar-refractivity contribution in [2.75, 3.05) is 6.54 Å². The largest absolute Gasteiger partial charge is 0.368 e. The summed E-state index contributed by atoms with van der Waals surface area (Å²) in [5.41, 5.74) is 7.62. The summed E-state index contributed by atoms with van der Waals surface area (Å²) in [6, 6.07) is 5.64. The van der Waals surface area contributed by atoms with Crippen LogP contribution >= 0.6 is 0 Å². The molecule has 0 saturated carbocycles. The summed E-state index contributed by atoms with van der Waals surface area (Å²) in [6.45, 7) is 23.4. The van der Waals surface area contributed by atoms with Crippen LogP contribution in [0.4, 0.5) is 4.39 Å². The second-order valence-corrected chi connectivity index (χ2v) is 8.04. The molecule has 0 bridgehead atoms. The first-order valence-corrected chi connectivity index (χ1v) is 10.5. The molecule has 0 aromatic heterocycles. The van der Waals surface area contributed by atoms with E-state index in [0.29, 0.717) is 5.56 Å². The second-order valence-electron chi connectivity index (χ2n) is 8.04. The fourth-order valence-corrected chi connectivity index (χ4v) is 3.53. The fourth-order valence-electron chi connectivity index (χ4n) is 3.53. The first kappa shape index (κ1) is 24.7. The van der Waals surface area contributed by atoms with E-state index in [1.807, 2.05) is 25.1 Å². The van der Waals surface area contributed by atoms with E-state index < -0.39 is 0 Å². The molecule has 0 fully saturated rings. The lowest BCUT2D eigenvalue weighted by atomic mass is 9.96. The Labute approximate surface area is 178 Å². The SMILES string of the molecule is C=CCC/C(=C(C)\C(C=C(C)C)=C\C(=C)C)N(CC)C(C)c1ccc(C)c(F)c1. The third-order valence-electron chi connectivity index (χ3n) is 5.13. The van der Waals surface area contributed by atoms with Crippen LogP contribution in [0.1, 0.15) is 71.6 Å². The maximum atomic E-state index is 14.2. The van der Waals surface area contributed by atoms with Gasteiger partial charge in [0, 0.05) is 12.2 Å². The Kier molecular flexibility index (Phi) is 9.88. The van der Waals surface area contributed by atoms with Crippen molar-refractivity contribution in [2.45, 2.75) is 67.3 Å². The number of allylic oxidation sites excluding steroid dienone is 8. The zero-order valence-electron chi connectivity index (χ0n) is 19.4. The number of rotatable bonds is 10. The first-order valence-electron chi connectivity index (χ1n) is 10.5. The Hall–Kier alpha value is -2.35. The minimum atomic E-state index is -0.147. The van der Waals surface area contributed by atoms with Gasteiger partial charge in [0.2, 0.25) is 0 Å². The molecule has 0 N–H and O–H groups in total. The molecular weight excluding hydrogens is 357 g/mol. The summed E-state index contributed by atoms with van der Waals surface area (Å²) >= 11 is 0. The topological polar surface area (TPSA) is 3.24 Å². The lowest BCUT2D eigenvalue weighted by Gasteiger charge is -2.35. The van der Waals surface area contributed by atoms with E-state index in [1.54, 1.807) is 13.0 Å². The third-order valence-corrected chi connectivity index (χ3v) is 5.13. The highest BCUT2D eigenvalue weighted by Gasteiger charge is 2.20. The van der Waals surface area contributed by atoms with Gasteiger partial charge in [0.15, 0.2) is 0 Å². The van der Waals surface area contributed by atoms with Crippen molar-refractivity contribution in [1.29, 1.82) is 0 Å². The Morgan fingerprint density at radius 2 is 1.83 bits per heavy atom. The molecule has 2 heteroatoms. The fraction of sp³-hybridized carbons (Fsp3) is 0.407. The van der Waals surface area contributed by atoms with Gasteiger partial charge in [-0.15, -0.1) is 6.58 Å². The number of aryl methyl sites for hydroxylation is 1. The number of nitrogens with zero attached hydrogens (tertiary/aromatic N) is 1. The van der Waals surface area contributed by atoms with E-state index >= 15 is 0 Å². The van der Waals surface area contributed by atoms with Crippen LogP contribution in [0.2, 0.25) is 0 Å². The predicted molar refractivity (Wildman–Crippen MR) is 126 cm³/mol. The molecule has 0 radical (unpaired) electrons. The van der Waals surface area contributed by atoms with E-state index in [2.05, 4.69) is 64.8 Å². The average molecular weight is 396 g/mol. The highest BCUT2D eigenvalue weighted by molar-refractivity contribution is 5.46. The van der Waals surface area contributed by atoms with Crippen LogP contribution < -0.4 is 0 Å². The van der Waals surface area contributed by atoms with Gasteiger partial charge in [-0.2, -0.15) is 0 Å². The summed E-state index contributed by atoms with van der Waals surface area (Å²) in [4.78, 5) is 2.38. The number of halogens is 1. The van der Waals surface area contributed by atoms with Crippen LogP contribution in [0.5, 0.6) is 0 Å². The van der Waals surface area contributed by atoms with Crippen molar-refractivity contribution in [3.63, 3.8) is 0 Å². The van der Waals surface area contributed by atoms with E-state index in [1.165, 1.54) is 22.4 Å². The molecule has 1 unspecified atom stereocenters. The Bertz CT molecular complexity index is 819. The molecule has 0 heterocycles. The molecule has 1 atom stereocenters. The molecule has 0 aliphatic rings. The minimum Gasteiger partial charge on any atom is -0.368 e. The molecule has 1 rings (SSSR count). The Balaban J connectivity index is 3.56. The maximum absolute atomic E-state index is 14.2. The summed E-state index contributed by atoms with van der Waals surface area (Å²) < 4.78 is 14.2. The highest BCUT2D eigenvalue weighted by atomic mass is 19.1. The number of hydrogen-bond donors (Lipinski definition) is 0. The van der Waals surface area contributed by atoms with Crippen molar-refractivity contribution >= 4 is 0 Å². The summed E-state index contributed by atoms with van der Waals surface area (Å²) in [7, 11) is 0. The molecule has 0 aliphatic carbocycles. The average Bonchev–Trinajstić information content (AvgIpc) is 2.65. The van der Waals surface area contributed by atoms with Crippen LogP contribution in [-0.2, 0) is 0 Å². The lowest BCUT2D eigenvalue weighted by molar-refractivity contribution is 0.273. The number of benzene rings is 1. The predicted octanol–water partition coefficient (Wildman–Crippen LogP) is 8.23. The van der Waals surface area contributed by atoms with Gasteiger partial charge < -0.3 is 4.90 Å². The molecule has 1 aromatic carbocycles. The summed E-state index contributed by atoms with van der Waals surface area (Å²) in [6.07, 6.45) is 8.10. The molecule has 1 nitrogen and oxygen atoms in total. The summed E-state index contributed by atoms with van der Waals surface area (Å²) in [5, 5.41) is 0. The van der Waals surface area contributed by atoms with Gasteiger partial charge in [0.1, 0.15) is 5.82 Å². The lowest BCUT2D eigenvalue weighted by Crippen LogP contribution is -2.27. The van der Waals surface area contributed by atoms with E-state index in [0.717, 1.165) is 30.5 Å². The zero-order valence-corrected chi connectivity index (χ0v) is 19.4. The van der Waals surface area contributed by atoms with Crippen LogP contribution in [0.25, 0.3) is 0 Å². The van der Waals surface area contributed by atoms with E-state index in [4.69, 9.17) is 0 Å². The van der Waals surface area contributed by atoms with Crippen LogP contribution in [0.15, 0.2) is 77.6 Å². The van der Waals surface area contributed by atoms with Gasteiger partial charge in [0.05, 0.1) is 6.04 Å². The molecule has 1 aromatic rings. The standard InChI is InChI=1S/C27H38FN/c1-10-12-13-27(22(8)25(16-19(3)4)17-20(5)6)29(11-2)23(9)24-15-14-21(7)26(28)18-24/h10,14-18,23H,1,3,11-13H2,2,4-9H3/b25-16+,27-22+. The van der Waals surface area contributed by atoms with Crippen LogP contribution in [0, 0.1) is 12.7 Å². The van der Waals surface area contributed by atoms with Crippen molar-refractivity contribution in [1.82, 2.24) is 4.90 Å². The van der Waals surface area contributed by atoms with Crippen molar-refractivity contribution in [3.8, 4) is 0 Å². The van der Waals surface area contributed by atoms with E-state index in [9.17, 15) is 4.39 Å². The van der Waals surface area contributed by atoms with Gasteiger partial charge in [-0.25, -0.2) is 4.39 Å². The van der Waals surface area contributed by atoms with Crippen LogP contribution in [-0.4, -0.2) is 11.4 Å². The Morgan fingerprint density at radius 1 is 1.17 bits per heavy atom.